The summed E-state index contributed by atoms with van der Waals surface area (Å²) < 4.78 is 0. The van der Waals surface area contributed by atoms with Crippen LogP contribution >= 0.6 is 11.6 Å². The van der Waals surface area contributed by atoms with Crippen LogP contribution in [0.3, 0.4) is 0 Å². The molecule has 0 spiro atoms. The average Bonchev–Trinajstić information content (AvgIpc) is 2.23. The summed E-state index contributed by atoms with van der Waals surface area (Å²) in [6.07, 6.45) is 0. The minimum absolute atomic E-state index is 0.103. The molecule has 18 heavy (non-hydrogen) atoms. The lowest BCUT2D eigenvalue weighted by atomic mass is 10.1. The number of hydrogen-bond acceptors (Lipinski definition) is 4. The van der Waals surface area contributed by atoms with Gasteiger partial charge in [-0.15, -0.1) is 0 Å². The molecule has 0 unspecified atom stereocenters. The number of anilines is 1. The third-order valence-corrected chi connectivity index (χ3v) is 2.75. The quantitative estimate of drug-likeness (QED) is 0.661. The fourth-order valence-electron chi connectivity index (χ4n) is 1.77. The van der Waals surface area contributed by atoms with Gasteiger partial charge in [-0.3, -0.25) is 10.1 Å². The summed E-state index contributed by atoms with van der Waals surface area (Å²) >= 11 is 5.87. The number of nitrogens with zero attached hydrogens (tertiary/aromatic N) is 2. The van der Waals surface area contributed by atoms with Gasteiger partial charge in [0.2, 0.25) is 0 Å². The van der Waals surface area contributed by atoms with Crippen molar-refractivity contribution in [3.05, 3.63) is 33.3 Å². The van der Waals surface area contributed by atoms with Crippen LogP contribution in [0, 0.1) is 10.1 Å². The summed E-state index contributed by atoms with van der Waals surface area (Å²) in [5.41, 5.74) is -0.631. The van der Waals surface area contributed by atoms with Crippen molar-refractivity contribution in [2.75, 3.05) is 18.0 Å². The molecule has 0 saturated heterocycles. The van der Waals surface area contributed by atoms with Gasteiger partial charge in [0.15, 0.2) is 0 Å². The van der Waals surface area contributed by atoms with Crippen LogP contribution in [0.15, 0.2) is 18.2 Å². The third-order valence-electron chi connectivity index (χ3n) is 2.45. The van der Waals surface area contributed by atoms with Crippen molar-refractivity contribution < 1.29 is 10.0 Å². The Labute approximate surface area is 111 Å². The summed E-state index contributed by atoms with van der Waals surface area (Å²) in [6, 6.07) is 4.79. The first-order chi connectivity index (χ1) is 8.26. The number of hydrogen-bond donors (Lipinski definition) is 1. The van der Waals surface area contributed by atoms with Crippen LogP contribution in [0.4, 0.5) is 11.4 Å². The van der Waals surface area contributed by atoms with Gasteiger partial charge in [-0.05, 0) is 32.9 Å². The van der Waals surface area contributed by atoms with Crippen LogP contribution < -0.4 is 4.90 Å². The molecule has 0 radical (unpaired) electrons. The molecule has 0 fully saturated rings. The Balaban J connectivity index is 3.21. The molecule has 0 aliphatic heterocycles. The molecular weight excluding hydrogens is 256 g/mol. The monoisotopic (exact) mass is 272 g/mol. The standard InChI is InChI=1S/C12H17ClN2O3/c1-4-14(8-12(2,3)16)10-7-5-6-9(13)11(10)15(17)18/h5-7,16H,4,8H2,1-3H3. The average molecular weight is 273 g/mol. The minimum Gasteiger partial charge on any atom is -0.389 e. The number of likely N-dealkylation sites (N-methyl/N-ethyl adjacent to an activating group) is 1. The van der Waals surface area contributed by atoms with Gasteiger partial charge in [-0.2, -0.15) is 0 Å². The van der Waals surface area contributed by atoms with Crippen LogP contribution in [0.1, 0.15) is 20.8 Å². The highest BCUT2D eigenvalue weighted by Crippen LogP contribution is 2.35. The number of halogens is 1. The predicted molar refractivity (Wildman–Crippen MR) is 72.3 cm³/mol. The Kier molecular flexibility index (Phi) is 4.53. The van der Waals surface area contributed by atoms with E-state index in [0.717, 1.165) is 0 Å². The lowest BCUT2D eigenvalue weighted by molar-refractivity contribution is -0.384. The lowest BCUT2D eigenvalue weighted by Gasteiger charge is -2.29. The van der Waals surface area contributed by atoms with E-state index >= 15 is 0 Å². The number of benzene rings is 1. The normalized spacial score (nSPS) is 11.4. The van der Waals surface area contributed by atoms with Crippen LogP contribution in [-0.4, -0.2) is 28.7 Å². The van der Waals surface area contributed by atoms with Crippen molar-refractivity contribution in [3.63, 3.8) is 0 Å². The largest absolute Gasteiger partial charge is 0.389 e. The molecule has 0 amide bonds. The summed E-state index contributed by atoms with van der Waals surface area (Å²) in [7, 11) is 0. The van der Waals surface area contributed by atoms with Crippen molar-refractivity contribution in [2.45, 2.75) is 26.4 Å². The second kappa shape index (κ2) is 5.54. The second-order valence-electron chi connectivity index (χ2n) is 4.69. The third kappa shape index (κ3) is 3.58. The molecule has 1 aromatic carbocycles. The van der Waals surface area contributed by atoms with Gasteiger partial charge in [0.1, 0.15) is 10.7 Å². The van der Waals surface area contributed by atoms with Gasteiger partial charge in [0.25, 0.3) is 0 Å². The molecule has 100 valence electrons. The highest BCUT2D eigenvalue weighted by Gasteiger charge is 2.25. The molecule has 0 aromatic heterocycles. The first-order valence-corrected chi connectivity index (χ1v) is 6.04. The molecular formula is C12H17ClN2O3. The van der Waals surface area contributed by atoms with Crippen molar-refractivity contribution in [1.82, 2.24) is 0 Å². The Morgan fingerprint density at radius 1 is 1.50 bits per heavy atom. The number of rotatable bonds is 5. The van der Waals surface area contributed by atoms with Crippen molar-refractivity contribution in [1.29, 1.82) is 0 Å². The Morgan fingerprint density at radius 2 is 2.11 bits per heavy atom. The first kappa shape index (κ1) is 14.7. The summed E-state index contributed by atoms with van der Waals surface area (Å²) in [5.74, 6) is 0. The van der Waals surface area contributed by atoms with E-state index in [1.807, 2.05) is 6.92 Å². The Bertz CT molecular complexity index is 443. The zero-order valence-electron chi connectivity index (χ0n) is 10.7. The zero-order valence-corrected chi connectivity index (χ0v) is 11.4. The second-order valence-corrected chi connectivity index (χ2v) is 5.10. The molecule has 1 rings (SSSR count). The molecule has 1 aromatic rings. The maximum Gasteiger partial charge on any atom is 0.310 e. The maximum absolute atomic E-state index is 11.1. The van der Waals surface area contributed by atoms with E-state index < -0.39 is 10.5 Å². The Morgan fingerprint density at radius 3 is 2.56 bits per heavy atom. The summed E-state index contributed by atoms with van der Waals surface area (Å²) in [5, 5.41) is 21.0. The number of nitro groups is 1. The number of aliphatic hydroxyl groups is 1. The molecule has 0 atom stereocenters. The van der Waals surface area contributed by atoms with Crippen molar-refractivity contribution in [3.8, 4) is 0 Å². The van der Waals surface area contributed by atoms with E-state index in [2.05, 4.69) is 0 Å². The summed E-state index contributed by atoms with van der Waals surface area (Å²) in [6.45, 7) is 6.03. The van der Waals surface area contributed by atoms with Crippen molar-refractivity contribution >= 4 is 23.0 Å². The van der Waals surface area contributed by atoms with Gasteiger partial charge >= 0.3 is 5.69 Å². The van der Waals surface area contributed by atoms with Gasteiger partial charge in [-0.25, -0.2) is 0 Å². The van der Waals surface area contributed by atoms with Crippen LogP contribution in [0.25, 0.3) is 0 Å². The summed E-state index contributed by atoms with van der Waals surface area (Å²) in [4.78, 5) is 12.3. The highest BCUT2D eigenvalue weighted by atomic mass is 35.5. The van der Waals surface area contributed by atoms with E-state index in [1.54, 1.807) is 30.9 Å². The smallest absolute Gasteiger partial charge is 0.310 e. The molecule has 5 nitrogen and oxygen atoms in total. The fraction of sp³-hybridized carbons (Fsp3) is 0.500. The van der Waals surface area contributed by atoms with Crippen LogP contribution in [0.5, 0.6) is 0 Å². The molecule has 0 saturated carbocycles. The number of nitro benzene ring substituents is 1. The van der Waals surface area contributed by atoms with E-state index in [9.17, 15) is 15.2 Å². The minimum atomic E-state index is -0.938. The van der Waals surface area contributed by atoms with Gasteiger partial charge in [0.05, 0.1) is 10.5 Å². The van der Waals surface area contributed by atoms with E-state index in [0.29, 0.717) is 18.8 Å². The molecule has 0 bridgehead atoms. The first-order valence-electron chi connectivity index (χ1n) is 5.66. The topological polar surface area (TPSA) is 66.6 Å². The molecule has 0 aliphatic rings. The maximum atomic E-state index is 11.1. The fourth-order valence-corrected chi connectivity index (χ4v) is 2.01. The van der Waals surface area contributed by atoms with Gasteiger partial charge in [0, 0.05) is 13.1 Å². The van der Waals surface area contributed by atoms with E-state index in [-0.39, 0.29) is 10.7 Å². The predicted octanol–water partition coefficient (Wildman–Crippen LogP) is 2.85. The van der Waals surface area contributed by atoms with E-state index in [4.69, 9.17) is 11.6 Å². The molecule has 0 heterocycles. The van der Waals surface area contributed by atoms with Crippen LogP contribution in [-0.2, 0) is 0 Å². The Hall–Kier alpha value is -1.33. The highest BCUT2D eigenvalue weighted by molar-refractivity contribution is 6.33. The number of para-hydroxylation sites is 1. The van der Waals surface area contributed by atoms with Crippen LogP contribution in [0.2, 0.25) is 5.02 Å². The zero-order chi connectivity index (χ0) is 13.9. The van der Waals surface area contributed by atoms with Gasteiger partial charge < -0.3 is 10.0 Å². The van der Waals surface area contributed by atoms with Crippen molar-refractivity contribution in [2.24, 2.45) is 0 Å². The molecule has 6 heteroatoms. The van der Waals surface area contributed by atoms with Gasteiger partial charge in [-0.1, -0.05) is 17.7 Å². The molecule has 1 N–H and O–H groups in total. The lowest BCUT2D eigenvalue weighted by Crippen LogP contribution is -2.38. The molecule has 0 aliphatic carbocycles. The van der Waals surface area contributed by atoms with E-state index in [1.165, 1.54) is 6.07 Å². The SMILES string of the molecule is CCN(CC(C)(C)O)c1cccc(Cl)c1[N+](=O)[O-].